The van der Waals surface area contributed by atoms with Crippen LogP contribution in [0.4, 0.5) is 10.1 Å². The van der Waals surface area contributed by atoms with Gasteiger partial charge in [-0.25, -0.2) is 4.39 Å². The molecule has 16 heavy (non-hydrogen) atoms. The van der Waals surface area contributed by atoms with Crippen LogP contribution in [0.2, 0.25) is 0 Å². The summed E-state index contributed by atoms with van der Waals surface area (Å²) in [5, 5.41) is 2.59. The Morgan fingerprint density at radius 3 is 2.75 bits per heavy atom. The molecule has 0 aliphatic carbocycles. The van der Waals surface area contributed by atoms with Crippen LogP contribution in [-0.4, -0.2) is 10.9 Å². The van der Waals surface area contributed by atoms with Crippen molar-refractivity contribution < 1.29 is 9.18 Å². The molecule has 1 aromatic carbocycles. The summed E-state index contributed by atoms with van der Waals surface area (Å²) in [4.78, 5) is 11.7. The van der Waals surface area contributed by atoms with Gasteiger partial charge in [-0.2, -0.15) is 0 Å². The lowest BCUT2D eigenvalue weighted by Gasteiger charge is -2.12. The highest BCUT2D eigenvalue weighted by Gasteiger charge is 2.16. The number of nitrogens with two attached hydrogens (primary N) is 1. The van der Waals surface area contributed by atoms with E-state index in [1.54, 1.807) is 19.9 Å². The van der Waals surface area contributed by atoms with Gasteiger partial charge in [0.15, 0.2) is 0 Å². The number of rotatable bonds is 3. The molecule has 3 nitrogen and oxygen atoms in total. The van der Waals surface area contributed by atoms with Crippen molar-refractivity contribution in [3.05, 3.63) is 29.6 Å². The van der Waals surface area contributed by atoms with Gasteiger partial charge in [0.1, 0.15) is 5.82 Å². The maximum Gasteiger partial charge on any atom is 0.234 e. The van der Waals surface area contributed by atoms with Gasteiger partial charge in [0.25, 0.3) is 0 Å². The number of anilines is 1. The lowest BCUT2D eigenvalue weighted by molar-refractivity contribution is -0.117. The Hall–Kier alpha value is -1.49. The molecule has 86 valence electrons. The molecule has 3 N–H and O–H groups in total. The minimum absolute atomic E-state index is 0.117. The number of hydrogen-bond donors (Lipinski definition) is 2. The van der Waals surface area contributed by atoms with Crippen LogP contribution in [0.3, 0.4) is 0 Å². The minimum Gasteiger partial charge on any atom is -0.393 e. The SMILES string of the molecule is Cc1ccc(F)cc1NC(=O)C(C)C(N)=S. The molecule has 5 heteroatoms. The first-order valence-electron chi connectivity index (χ1n) is 4.78. The summed E-state index contributed by atoms with van der Waals surface area (Å²) in [5.41, 5.74) is 6.58. The summed E-state index contributed by atoms with van der Waals surface area (Å²) in [6.07, 6.45) is 0. The fourth-order valence-corrected chi connectivity index (χ4v) is 1.21. The smallest absolute Gasteiger partial charge is 0.234 e. The maximum absolute atomic E-state index is 13.0. The van der Waals surface area contributed by atoms with E-state index in [4.69, 9.17) is 18.0 Å². The second kappa shape index (κ2) is 5.03. The van der Waals surface area contributed by atoms with Gasteiger partial charge in [-0.1, -0.05) is 18.3 Å². The summed E-state index contributed by atoms with van der Waals surface area (Å²) in [6, 6.07) is 4.19. The Labute approximate surface area is 98.8 Å². The molecule has 1 atom stereocenters. The fraction of sp³-hybridized carbons (Fsp3) is 0.273. The van der Waals surface area contributed by atoms with Crippen LogP contribution < -0.4 is 11.1 Å². The van der Waals surface area contributed by atoms with Crippen LogP contribution in [0.15, 0.2) is 18.2 Å². The van der Waals surface area contributed by atoms with Crippen LogP contribution in [0, 0.1) is 18.7 Å². The summed E-state index contributed by atoms with van der Waals surface area (Å²) < 4.78 is 13.0. The Morgan fingerprint density at radius 1 is 1.56 bits per heavy atom. The molecule has 0 aromatic heterocycles. The van der Waals surface area contributed by atoms with Crippen molar-refractivity contribution in [1.82, 2.24) is 0 Å². The molecule has 0 fully saturated rings. The van der Waals surface area contributed by atoms with Crippen molar-refractivity contribution >= 4 is 28.8 Å². The quantitative estimate of drug-likeness (QED) is 0.794. The molecule has 0 spiro atoms. The highest BCUT2D eigenvalue weighted by atomic mass is 32.1. The third-order valence-corrected chi connectivity index (χ3v) is 2.63. The average molecular weight is 240 g/mol. The molecular weight excluding hydrogens is 227 g/mol. The number of amides is 1. The first kappa shape index (κ1) is 12.6. The Kier molecular flexibility index (Phi) is 3.95. The van der Waals surface area contributed by atoms with Gasteiger partial charge in [-0.05, 0) is 31.5 Å². The number of halogens is 1. The van der Waals surface area contributed by atoms with Gasteiger partial charge in [0, 0.05) is 5.69 Å². The third-order valence-electron chi connectivity index (χ3n) is 2.28. The van der Waals surface area contributed by atoms with Gasteiger partial charge in [-0.15, -0.1) is 0 Å². The number of nitrogens with one attached hydrogen (secondary N) is 1. The standard InChI is InChI=1S/C11H13FN2OS/c1-6-3-4-8(12)5-9(6)14-11(15)7(2)10(13)16/h3-5,7H,1-2H3,(H2,13,16)(H,14,15). The van der Waals surface area contributed by atoms with Crippen molar-refractivity contribution in [2.75, 3.05) is 5.32 Å². The normalized spacial score (nSPS) is 11.9. The second-order valence-corrected chi connectivity index (χ2v) is 4.04. The number of benzene rings is 1. The zero-order chi connectivity index (χ0) is 12.3. The first-order valence-corrected chi connectivity index (χ1v) is 5.19. The Bertz CT molecular complexity index is 434. The van der Waals surface area contributed by atoms with Crippen LogP contribution in [0.5, 0.6) is 0 Å². The van der Waals surface area contributed by atoms with Crippen LogP contribution >= 0.6 is 12.2 Å². The molecule has 0 heterocycles. The molecule has 0 saturated carbocycles. The molecule has 0 aliphatic heterocycles. The van der Waals surface area contributed by atoms with E-state index in [9.17, 15) is 9.18 Å². The molecule has 0 radical (unpaired) electrons. The molecule has 0 saturated heterocycles. The Balaban J connectivity index is 2.84. The predicted molar refractivity (Wildman–Crippen MR) is 65.7 cm³/mol. The van der Waals surface area contributed by atoms with Crippen LogP contribution in [0.1, 0.15) is 12.5 Å². The summed E-state index contributed by atoms with van der Waals surface area (Å²) in [6.45, 7) is 3.38. The summed E-state index contributed by atoms with van der Waals surface area (Å²) in [7, 11) is 0. The van der Waals surface area contributed by atoms with E-state index >= 15 is 0 Å². The van der Waals surface area contributed by atoms with Crippen molar-refractivity contribution in [3.8, 4) is 0 Å². The number of carbonyl (C=O) groups excluding carboxylic acids is 1. The highest BCUT2D eigenvalue weighted by Crippen LogP contribution is 2.16. The first-order chi connectivity index (χ1) is 7.41. The van der Waals surface area contributed by atoms with E-state index in [-0.39, 0.29) is 10.9 Å². The maximum atomic E-state index is 13.0. The molecule has 1 aromatic rings. The minimum atomic E-state index is -0.572. The number of thiocarbonyl (C=S) groups is 1. The number of carbonyl (C=O) groups is 1. The molecule has 0 aliphatic rings. The number of aryl methyl sites for hydroxylation is 1. The van der Waals surface area contributed by atoms with Crippen molar-refractivity contribution in [2.24, 2.45) is 11.7 Å². The largest absolute Gasteiger partial charge is 0.393 e. The topological polar surface area (TPSA) is 55.1 Å². The lowest BCUT2D eigenvalue weighted by Crippen LogP contribution is -2.31. The lowest BCUT2D eigenvalue weighted by atomic mass is 10.1. The molecule has 1 amide bonds. The molecule has 0 bridgehead atoms. The van der Waals surface area contributed by atoms with E-state index in [1.807, 2.05) is 0 Å². The van der Waals surface area contributed by atoms with E-state index in [1.165, 1.54) is 12.1 Å². The summed E-state index contributed by atoms with van der Waals surface area (Å²) >= 11 is 4.71. The monoisotopic (exact) mass is 240 g/mol. The van der Waals surface area contributed by atoms with Gasteiger partial charge < -0.3 is 11.1 Å². The van der Waals surface area contributed by atoms with Gasteiger partial charge in [0.2, 0.25) is 5.91 Å². The molecular formula is C11H13FN2OS. The highest BCUT2D eigenvalue weighted by molar-refractivity contribution is 7.80. The Morgan fingerprint density at radius 2 is 2.19 bits per heavy atom. The van der Waals surface area contributed by atoms with Crippen molar-refractivity contribution in [3.63, 3.8) is 0 Å². The van der Waals surface area contributed by atoms with Crippen molar-refractivity contribution in [2.45, 2.75) is 13.8 Å². The van der Waals surface area contributed by atoms with E-state index in [0.717, 1.165) is 5.56 Å². The van der Waals surface area contributed by atoms with Gasteiger partial charge in [-0.3, -0.25) is 4.79 Å². The van der Waals surface area contributed by atoms with Crippen LogP contribution in [-0.2, 0) is 4.79 Å². The van der Waals surface area contributed by atoms with E-state index < -0.39 is 11.7 Å². The van der Waals surface area contributed by atoms with Crippen LogP contribution in [0.25, 0.3) is 0 Å². The third kappa shape index (κ3) is 3.00. The zero-order valence-corrected chi connectivity index (χ0v) is 9.90. The van der Waals surface area contributed by atoms with E-state index in [2.05, 4.69) is 5.32 Å². The second-order valence-electron chi connectivity index (χ2n) is 3.57. The predicted octanol–water partition coefficient (Wildman–Crippen LogP) is 1.99. The molecule has 1 rings (SSSR count). The average Bonchev–Trinajstić information content (AvgIpc) is 2.22. The van der Waals surface area contributed by atoms with Gasteiger partial charge in [0.05, 0.1) is 10.9 Å². The zero-order valence-electron chi connectivity index (χ0n) is 9.08. The fourth-order valence-electron chi connectivity index (χ4n) is 1.10. The van der Waals surface area contributed by atoms with Gasteiger partial charge >= 0.3 is 0 Å². The number of hydrogen-bond acceptors (Lipinski definition) is 2. The molecule has 1 unspecified atom stereocenters. The summed E-state index contributed by atoms with van der Waals surface area (Å²) in [5.74, 6) is -1.30. The van der Waals surface area contributed by atoms with E-state index in [0.29, 0.717) is 5.69 Å². The van der Waals surface area contributed by atoms with Crippen molar-refractivity contribution in [1.29, 1.82) is 0 Å².